The van der Waals surface area contributed by atoms with Gasteiger partial charge in [-0.25, -0.2) is 0 Å². The SMILES string of the molecule is C[C@H]1OCCN[C@@H]1C(=O)N1CCCC(c2nnc3ccccn23)C1. The Labute approximate surface area is 141 Å². The smallest absolute Gasteiger partial charge is 0.242 e. The van der Waals surface area contributed by atoms with Crippen LogP contribution < -0.4 is 5.32 Å². The molecule has 7 heteroatoms. The fraction of sp³-hybridized carbons (Fsp3) is 0.588. The number of hydrogen-bond donors (Lipinski definition) is 1. The largest absolute Gasteiger partial charge is 0.375 e. The lowest BCUT2D eigenvalue weighted by atomic mass is 9.96. The summed E-state index contributed by atoms with van der Waals surface area (Å²) in [5, 5.41) is 11.9. The minimum atomic E-state index is -0.243. The number of piperidine rings is 1. The first-order valence-electron chi connectivity index (χ1n) is 8.67. The first-order valence-corrected chi connectivity index (χ1v) is 8.67. The van der Waals surface area contributed by atoms with Crippen molar-refractivity contribution in [1.82, 2.24) is 24.8 Å². The monoisotopic (exact) mass is 329 g/mol. The number of nitrogens with one attached hydrogen (secondary N) is 1. The van der Waals surface area contributed by atoms with Crippen LogP contribution in [0.25, 0.3) is 5.65 Å². The normalized spacial score (nSPS) is 28.2. The highest BCUT2D eigenvalue weighted by Gasteiger charge is 2.35. The number of pyridine rings is 1. The van der Waals surface area contributed by atoms with Crippen molar-refractivity contribution in [2.75, 3.05) is 26.2 Å². The van der Waals surface area contributed by atoms with Crippen molar-refractivity contribution in [3.05, 3.63) is 30.2 Å². The maximum absolute atomic E-state index is 12.9. The highest BCUT2D eigenvalue weighted by Crippen LogP contribution is 2.27. The Morgan fingerprint density at radius 2 is 2.29 bits per heavy atom. The van der Waals surface area contributed by atoms with E-state index in [0.29, 0.717) is 13.2 Å². The van der Waals surface area contributed by atoms with Gasteiger partial charge in [-0.1, -0.05) is 6.07 Å². The molecule has 128 valence electrons. The van der Waals surface area contributed by atoms with Crippen LogP contribution in [0.4, 0.5) is 0 Å². The molecule has 2 aromatic rings. The van der Waals surface area contributed by atoms with Crippen LogP contribution in [0.2, 0.25) is 0 Å². The van der Waals surface area contributed by atoms with E-state index in [-0.39, 0.29) is 24.0 Å². The Morgan fingerprint density at radius 1 is 1.38 bits per heavy atom. The zero-order valence-corrected chi connectivity index (χ0v) is 13.9. The molecular formula is C17H23N5O2. The number of nitrogens with zero attached hydrogens (tertiary/aromatic N) is 4. The van der Waals surface area contributed by atoms with Crippen molar-refractivity contribution < 1.29 is 9.53 Å². The quantitative estimate of drug-likeness (QED) is 0.883. The fourth-order valence-electron chi connectivity index (χ4n) is 3.73. The van der Waals surface area contributed by atoms with E-state index in [1.807, 2.05) is 40.6 Å². The molecule has 1 amide bonds. The van der Waals surface area contributed by atoms with Gasteiger partial charge in [-0.15, -0.1) is 10.2 Å². The number of aromatic nitrogens is 3. The molecule has 2 aliphatic rings. The fourth-order valence-corrected chi connectivity index (χ4v) is 3.73. The maximum Gasteiger partial charge on any atom is 0.242 e. The number of fused-ring (bicyclic) bond motifs is 1. The number of carbonyl (C=O) groups is 1. The molecule has 0 aromatic carbocycles. The van der Waals surface area contributed by atoms with Crippen LogP contribution in [-0.4, -0.2) is 63.8 Å². The second-order valence-corrected chi connectivity index (χ2v) is 6.62. The van der Waals surface area contributed by atoms with E-state index in [9.17, 15) is 4.79 Å². The lowest BCUT2D eigenvalue weighted by Crippen LogP contribution is -2.57. The van der Waals surface area contributed by atoms with Gasteiger partial charge in [0, 0.05) is 31.7 Å². The average molecular weight is 329 g/mol. The van der Waals surface area contributed by atoms with E-state index < -0.39 is 0 Å². The van der Waals surface area contributed by atoms with Gasteiger partial charge in [0.2, 0.25) is 5.91 Å². The molecule has 7 nitrogen and oxygen atoms in total. The van der Waals surface area contributed by atoms with Crippen molar-refractivity contribution in [2.45, 2.75) is 37.8 Å². The van der Waals surface area contributed by atoms with Crippen LogP contribution in [0.3, 0.4) is 0 Å². The van der Waals surface area contributed by atoms with Crippen LogP contribution in [0.15, 0.2) is 24.4 Å². The molecule has 1 unspecified atom stereocenters. The third-order valence-electron chi connectivity index (χ3n) is 5.02. The molecular weight excluding hydrogens is 306 g/mol. The summed E-state index contributed by atoms with van der Waals surface area (Å²) in [5.74, 6) is 1.31. The number of ether oxygens (including phenoxy) is 1. The number of amides is 1. The third-order valence-corrected chi connectivity index (χ3v) is 5.02. The highest BCUT2D eigenvalue weighted by molar-refractivity contribution is 5.82. The summed E-state index contributed by atoms with van der Waals surface area (Å²) in [4.78, 5) is 14.8. The topological polar surface area (TPSA) is 71.8 Å². The van der Waals surface area contributed by atoms with Crippen molar-refractivity contribution >= 4 is 11.6 Å². The highest BCUT2D eigenvalue weighted by atomic mass is 16.5. The third kappa shape index (κ3) is 2.78. The number of rotatable bonds is 2. The van der Waals surface area contributed by atoms with E-state index >= 15 is 0 Å². The minimum absolute atomic E-state index is 0.0828. The van der Waals surface area contributed by atoms with Crippen LogP contribution in [0.5, 0.6) is 0 Å². The van der Waals surface area contributed by atoms with Gasteiger partial charge in [-0.2, -0.15) is 0 Å². The molecule has 0 radical (unpaired) electrons. The summed E-state index contributed by atoms with van der Waals surface area (Å²) in [6, 6.07) is 5.65. The lowest BCUT2D eigenvalue weighted by Gasteiger charge is -2.37. The Kier molecular flexibility index (Phi) is 4.20. The van der Waals surface area contributed by atoms with E-state index in [1.165, 1.54) is 0 Å². The first kappa shape index (κ1) is 15.5. The zero-order chi connectivity index (χ0) is 16.5. The molecule has 0 saturated carbocycles. The van der Waals surface area contributed by atoms with Crippen molar-refractivity contribution in [1.29, 1.82) is 0 Å². The van der Waals surface area contributed by atoms with Gasteiger partial charge in [0.1, 0.15) is 11.9 Å². The van der Waals surface area contributed by atoms with Crippen LogP contribution in [0.1, 0.15) is 31.5 Å². The summed E-state index contributed by atoms with van der Waals surface area (Å²) >= 11 is 0. The second kappa shape index (κ2) is 6.49. The van der Waals surface area contributed by atoms with Crippen molar-refractivity contribution in [3.8, 4) is 0 Å². The Hall–Kier alpha value is -1.99. The van der Waals surface area contributed by atoms with Crippen LogP contribution in [-0.2, 0) is 9.53 Å². The molecule has 0 spiro atoms. The molecule has 24 heavy (non-hydrogen) atoms. The summed E-state index contributed by atoms with van der Waals surface area (Å²) in [6.45, 7) is 4.85. The molecule has 4 heterocycles. The van der Waals surface area contributed by atoms with Gasteiger partial charge in [-0.05, 0) is 31.9 Å². The predicted octanol–water partition coefficient (Wildman–Crippen LogP) is 0.812. The van der Waals surface area contributed by atoms with Crippen molar-refractivity contribution in [3.63, 3.8) is 0 Å². The van der Waals surface area contributed by atoms with Crippen LogP contribution in [0, 0.1) is 0 Å². The van der Waals surface area contributed by atoms with E-state index in [4.69, 9.17) is 4.74 Å². The Balaban J connectivity index is 1.52. The van der Waals surface area contributed by atoms with E-state index in [1.54, 1.807) is 0 Å². The van der Waals surface area contributed by atoms with Gasteiger partial charge in [0.05, 0.1) is 12.7 Å². The van der Waals surface area contributed by atoms with Crippen LogP contribution >= 0.6 is 0 Å². The van der Waals surface area contributed by atoms with E-state index in [0.717, 1.165) is 37.4 Å². The molecule has 3 atom stereocenters. The second-order valence-electron chi connectivity index (χ2n) is 6.62. The standard InChI is InChI=1S/C17H23N5O2/c1-12-15(18-7-10-24-12)17(23)21-8-4-5-13(11-21)16-20-19-14-6-2-3-9-22(14)16/h2-3,6,9,12-13,15,18H,4-5,7-8,10-11H2,1H3/t12-,13?,15+/m1/s1. The average Bonchev–Trinajstić information content (AvgIpc) is 3.06. The first-order chi connectivity index (χ1) is 11.7. The van der Waals surface area contributed by atoms with Gasteiger partial charge in [0.25, 0.3) is 0 Å². The number of carbonyl (C=O) groups excluding carboxylic acids is 1. The van der Waals surface area contributed by atoms with E-state index in [2.05, 4.69) is 15.5 Å². The van der Waals surface area contributed by atoms with Gasteiger partial charge in [-0.3, -0.25) is 9.20 Å². The summed E-state index contributed by atoms with van der Waals surface area (Å²) < 4.78 is 7.65. The molecule has 0 aliphatic carbocycles. The zero-order valence-electron chi connectivity index (χ0n) is 13.9. The molecule has 2 fully saturated rings. The lowest BCUT2D eigenvalue weighted by molar-refractivity contribution is -0.140. The Bertz CT molecular complexity index is 731. The molecule has 2 saturated heterocycles. The van der Waals surface area contributed by atoms with Crippen molar-refractivity contribution in [2.24, 2.45) is 0 Å². The summed E-state index contributed by atoms with van der Waals surface area (Å²) in [5.41, 5.74) is 0.854. The maximum atomic E-state index is 12.9. The minimum Gasteiger partial charge on any atom is -0.375 e. The number of likely N-dealkylation sites (tertiary alicyclic amines) is 1. The summed E-state index contributed by atoms with van der Waals surface area (Å²) in [7, 11) is 0. The number of hydrogen-bond acceptors (Lipinski definition) is 5. The van der Waals surface area contributed by atoms with Gasteiger partial charge >= 0.3 is 0 Å². The van der Waals surface area contributed by atoms with Gasteiger partial charge in [0.15, 0.2) is 5.65 Å². The number of morpholine rings is 1. The molecule has 2 aliphatic heterocycles. The molecule has 0 bridgehead atoms. The molecule has 1 N–H and O–H groups in total. The van der Waals surface area contributed by atoms with Gasteiger partial charge < -0.3 is 15.0 Å². The Morgan fingerprint density at radius 3 is 3.17 bits per heavy atom. The summed E-state index contributed by atoms with van der Waals surface area (Å²) in [6.07, 6.45) is 3.92. The molecule has 4 rings (SSSR count). The predicted molar refractivity (Wildman–Crippen MR) is 88.7 cm³/mol. The molecule has 2 aromatic heterocycles.